The lowest BCUT2D eigenvalue weighted by Gasteiger charge is -2.23. The van der Waals surface area contributed by atoms with Crippen molar-refractivity contribution >= 4 is 0 Å². The Balaban J connectivity index is 2.18. The lowest BCUT2D eigenvalue weighted by molar-refractivity contribution is -0.174. The fraction of sp³-hybridized carbons (Fsp3) is 1.00. The van der Waals surface area contributed by atoms with Crippen LogP contribution in [0.4, 0.5) is 0 Å². The van der Waals surface area contributed by atoms with Crippen LogP contribution in [0.1, 0.15) is 13.8 Å². The molecule has 2 rings (SSSR count). The van der Waals surface area contributed by atoms with Crippen LogP contribution in [-0.4, -0.2) is 46.5 Å². The molecule has 76 valence electrons. The SMILES string of the molecule is CC1(C)OC2[C@H](N)[C@H](O)[C@H](O)[C@H]2O1. The molecule has 5 atom stereocenters. The summed E-state index contributed by atoms with van der Waals surface area (Å²) in [5.74, 6) is -0.714. The first-order valence-corrected chi connectivity index (χ1v) is 4.40. The summed E-state index contributed by atoms with van der Waals surface area (Å²) >= 11 is 0. The summed E-state index contributed by atoms with van der Waals surface area (Å²) in [7, 11) is 0. The molecule has 13 heavy (non-hydrogen) atoms. The van der Waals surface area contributed by atoms with Crippen molar-refractivity contribution in [1.82, 2.24) is 0 Å². The summed E-state index contributed by atoms with van der Waals surface area (Å²) in [5.41, 5.74) is 5.66. The molecular formula is C8H15NO4. The first-order chi connectivity index (χ1) is 5.92. The van der Waals surface area contributed by atoms with Crippen LogP contribution in [0.5, 0.6) is 0 Å². The van der Waals surface area contributed by atoms with Crippen LogP contribution in [0.15, 0.2) is 0 Å². The normalized spacial score (nSPS) is 53.8. The van der Waals surface area contributed by atoms with Crippen molar-refractivity contribution in [1.29, 1.82) is 0 Å². The molecule has 0 aromatic heterocycles. The quantitative estimate of drug-likeness (QED) is 0.435. The molecule has 0 amide bonds. The summed E-state index contributed by atoms with van der Waals surface area (Å²) in [6.45, 7) is 3.52. The van der Waals surface area contributed by atoms with Gasteiger partial charge in [-0.25, -0.2) is 0 Å². The Morgan fingerprint density at radius 3 is 2.15 bits per heavy atom. The fourth-order valence-corrected chi connectivity index (χ4v) is 2.00. The number of aliphatic hydroxyl groups excluding tert-OH is 2. The molecule has 0 radical (unpaired) electrons. The second-order valence-corrected chi connectivity index (χ2v) is 4.12. The van der Waals surface area contributed by atoms with Gasteiger partial charge < -0.3 is 25.4 Å². The topological polar surface area (TPSA) is 84.9 Å². The zero-order chi connectivity index (χ0) is 9.80. The average molecular weight is 189 g/mol. The Bertz CT molecular complexity index is 200. The molecule has 1 heterocycles. The molecule has 0 bridgehead atoms. The predicted octanol–water partition coefficient (Wildman–Crippen LogP) is -1.43. The highest BCUT2D eigenvalue weighted by Gasteiger charge is 2.57. The number of rotatable bonds is 0. The molecule has 2 aliphatic rings. The monoisotopic (exact) mass is 189 g/mol. The Labute approximate surface area is 76.4 Å². The van der Waals surface area contributed by atoms with Crippen LogP contribution in [0.25, 0.3) is 0 Å². The van der Waals surface area contributed by atoms with E-state index in [0.717, 1.165) is 0 Å². The van der Waals surface area contributed by atoms with E-state index in [2.05, 4.69) is 0 Å². The van der Waals surface area contributed by atoms with E-state index in [9.17, 15) is 10.2 Å². The van der Waals surface area contributed by atoms with Gasteiger partial charge in [-0.1, -0.05) is 0 Å². The molecule has 5 heteroatoms. The van der Waals surface area contributed by atoms with Crippen molar-refractivity contribution in [3.8, 4) is 0 Å². The zero-order valence-corrected chi connectivity index (χ0v) is 7.68. The lowest BCUT2D eigenvalue weighted by Crippen LogP contribution is -2.43. The van der Waals surface area contributed by atoms with E-state index in [-0.39, 0.29) is 0 Å². The maximum atomic E-state index is 9.54. The van der Waals surface area contributed by atoms with Gasteiger partial charge in [0.05, 0.1) is 6.04 Å². The maximum absolute atomic E-state index is 9.54. The summed E-state index contributed by atoms with van der Waals surface area (Å²) < 4.78 is 10.9. The van der Waals surface area contributed by atoms with Gasteiger partial charge in [0.15, 0.2) is 5.79 Å². The van der Waals surface area contributed by atoms with Crippen LogP contribution in [0, 0.1) is 0 Å². The molecule has 2 fully saturated rings. The van der Waals surface area contributed by atoms with Crippen molar-refractivity contribution in [2.75, 3.05) is 0 Å². The molecule has 1 saturated heterocycles. The Morgan fingerprint density at radius 1 is 1.08 bits per heavy atom. The molecule has 1 aliphatic heterocycles. The van der Waals surface area contributed by atoms with E-state index >= 15 is 0 Å². The zero-order valence-electron chi connectivity index (χ0n) is 7.68. The Morgan fingerprint density at radius 2 is 1.62 bits per heavy atom. The summed E-state index contributed by atoms with van der Waals surface area (Å²) in [6.07, 6.45) is -2.80. The highest BCUT2D eigenvalue weighted by molar-refractivity contribution is 5.06. The van der Waals surface area contributed by atoms with E-state index in [4.69, 9.17) is 15.2 Å². The largest absolute Gasteiger partial charge is 0.389 e. The Kier molecular flexibility index (Phi) is 1.91. The minimum atomic E-state index is -0.953. The Hall–Kier alpha value is -0.200. The van der Waals surface area contributed by atoms with Gasteiger partial charge in [-0.05, 0) is 13.8 Å². The first kappa shape index (κ1) is 9.36. The van der Waals surface area contributed by atoms with Gasteiger partial charge in [0.2, 0.25) is 0 Å². The highest BCUT2D eigenvalue weighted by atomic mass is 16.8. The van der Waals surface area contributed by atoms with Crippen molar-refractivity contribution in [3.63, 3.8) is 0 Å². The molecule has 1 unspecified atom stereocenters. The average Bonchev–Trinajstić information content (AvgIpc) is 2.44. The van der Waals surface area contributed by atoms with Crippen molar-refractivity contribution in [3.05, 3.63) is 0 Å². The molecule has 1 saturated carbocycles. The van der Waals surface area contributed by atoms with Crippen LogP contribution < -0.4 is 5.73 Å². The van der Waals surface area contributed by atoms with Gasteiger partial charge in [-0.2, -0.15) is 0 Å². The standard InChI is InChI=1S/C8H15NO4/c1-8(2)12-6-3(9)4(10)5(11)7(6)13-8/h3-7,10-11H,9H2,1-2H3/t3-,4+,5+,6?,7-/m1/s1. The second kappa shape index (κ2) is 2.65. The third-order valence-corrected chi connectivity index (χ3v) is 2.62. The van der Waals surface area contributed by atoms with Gasteiger partial charge in [0, 0.05) is 0 Å². The minimum Gasteiger partial charge on any atom is -0.389 e. The van der Waals surface area contributed by atoms with Gasteiger partial charge >= 0.3 is 0 Å². The van der Waals surface area contributed by atoms with E-state index in [1.54, 1.807) is 13.8 Å². The van der Waals surface area contributed by atoms with Gasteiger partial charge in [0.25, 0.3) is 0 Å². The number of fused-ring (bicyclic) bond motifs is 1. The molecule has 0 spiro atoms. The summed E-state index contributed by atoms with van der Waals surface area (Å²) in [6, 6.07) is -0.568. The fourth-order valence-electron chi connectivity index (χ4n) is 2.00. The number of nitrogens with two attached hydrogens (primary N) is 1. The molecule has 0 aromatic rings. The molecule has 0 aromatic carbocycles. The van der Waals surface area contributed by atoms with Crippen molar-refractivity contribution < 1.29 is 19.7 Å². The molecular weight excluding hydrogens is 174 g/mol. The third-order valence-electron chi connectivity index (χ3n) is 2.62. The molecule has 5 nitrogen and oxygen atoms in total. The van der Waals surface area contributed by atoms with Gasteiger partial charge in [0.1, 0.15) is 24.4 Å². The number of ether oxygens (including phenoxy) is 2. The molecule has 1 aliphatic carbocycles. The highest BCUT2D eigenvalue weighted by Crippen LogP contribution is 2.37. The van der Waals surface area contributed by atoms with Crippen LogP contribution in [-0.2, 0) is 9.47 Å². The maximum Gasteiger partial charge on any atom is 0.163 e. The first-order valence-electron chi connectivity index (χ1n) is 4.40. The van der Waals surface area contributed by atoms with E-state index in [1.807, 2.05) is 0 Å². The van der Waals surface area contributed by atoms with E-state index in [1.165, 1.54) is 0 Å². The van der Waals surface area contributed by atoms with E-state index < -0.39 is 36.2 Å². The minimum absolute atomic E-state index is 0.403. The third kappa shape index (κ3) is 1.28. The lowest BCUT2D eigenvalue weighted by atomic mass is 10.2. The van der Waals surface area contributed by atoms with Crippen molar-refractivity contribution in [2.45, 2.75) is 50.1 Å². The number of aliphatic hydroxyl groups is 2. The van der Waals surface area contributed by atoms with Crippen LogP contribution >= 0.6 is 0 Å². The van der Waals surface area contributed by atoms with Crippen LogP contribution in [0.2, 0.25) is 0 Å². The van der Waals surface area contributed by atoms with Crippen molar-refractivity contribution in [2.24, 2.45) is 5.73 Å². The predicted molar refractivity (Wildman–Crippen MR) is 43.8 cm³/mol. The summed E-state index contributed by atoms with van der Waals surface area (Å²) in [4.78, 5) is 0. The van der Waals surface area contributed by atoms with E-state index in [0.29, 0.717) is 0 Å². The van der Waals surface area contributed by atoms with Crippen LogP contribution in [0.3, 0.4) is 0 Å². The smallest absolute Gasteiger partial charge is 0.163 e. The number of hydrogen-bond acceptors (Lipinski definition) is 5. The van der Waals surface area contributed by atoms with Gasteiger partial charge in [-0.3, -0.25) is 0 Å². The second-order valence-electron chi connectivity index (χ2n) is 4.12. The number of hydrogen-bond donors (Lipinski definition) is 3. The molecule has 4 N–H and O–H groups in total. The van der Waals surface area contributed by atoms with Gasteiger partial charge in [-0.15, -0.1) is 0 Å². The summed E-state index contributed by atoms with van der Waals surface area (Å²) in [5, 5.41) is 18.9.